The van der Waals surface area contributed by atoms with Crippen molar-refractivity contribution in [2.24, 2.45) is 0 Å². The van der Waals surface area contributed by atoms with Crippen molar-refractivity contribution in [3.63, 3.8) is 0 Å². The van der Waals surface area contributed by atoms with Gasteiger partial charge < -0.3 is 14.8 Å². The summed E-state index contributed by atoms with van der Waals surface area (Å²) in [6, 6.07) is 9.46. The van der Waals surface area contributed by atoms with E-state index in [1.165, 1.54) is 11.8 Å². The molecule has 2 aromatic rings. The third-order valence-corrected chi connectivity index (χ3v) is 3.72. The highest BCUT2D eigenvalue weighted by Crippen LogP contribution is 2.23. The van der Waals surface area contributed by atoms with Gasteiger partial charge in [0.15, 0.2) is 0 Å². The molecule has 4 heteroatoms. The summed E-state index contributed by atoms with van der Waals surface area (Å²) in [6.45, 7) is 8.33. The summed E-state index contributed by atoms with van der Waals surface area (Å²) in [7, 11) is 0. The van der Waals surface area contributed by atoms with Crippen molar-refractivity contribution in [2.45, 2.75) is 39.2 Å². The average molecular weight is 301 g/mol. The Morgan fingerprint density at radius 3 is 2.36 bits per heavy atom. The smallest absolute Gasteiger partial charge is 0.254 e. The van der Waals surface area contributed by atoms with Crippen molar-refractivity contribution in [1.29, 1.82) is 0 Å². The molecule has 1 atom stereocenters. The van der Waals surface area contributed by atoms with E-state index in [2.05, 4.69) is 26.1 Å². The van der Waals surface area contributed by atoms with Crippen LogP contribution in [0, 0.1) is 6.92 Å². The number of amides is 1. The maximum Gasteiger partial charge on any atom is 0.254 e. The topological polar surface area (TPSA) is 62.5 Å². The maximum atomic E-state index is 12.0. The predicted octanol–water partition coefficient (Wildman–Crippen LogP) is 3.35. The van der Waals surface area contributed by atoms with E-state index in [0.717, 1.165) is 5.56 Å². The van der Waals surface area contributed by atoms with Crippen LogP contribution >= 0.6 is 0 Å². The van der Waals surface area contributed by atoms with E-state index in [4.69, 9.17) is 4.42 Å². The minimum absolute atomic E-state index is 0.0799. The number of carbonyl (C=O) groups is 1. The zero-order chi connectivity index (χ0) is 16.3. The minimum Gasteiger partial charge on any atom is -0.469 e. The second-order valence-electron chi connectivity index (χ2n) is 6.49. The van der Waals surface area contributed by atoms with Crippen LogP contribution in [-0.4, -0.2) is 17.6 Å². The molecule has 0 spiro atoms. The molecule has 1 aromatic carbocycles. The molecule has 0 saturated heterocycles. The number of aryl methyl sites for hydroxylation is 1. The lowest BCUT2D eigenvalue weighted by molar-refractivity contribution is 0.0915. The summed E-state index contributed by atoms with van der Waals surface area (Å²) < 4.78 is 5.10. The summed E-state index contributed by atoms with van der Waals surface area (Å²) in [5.74, 6) is 0.332. The van der Waals surface area contributed by atoms with Crippen LogP contribution in [0.15, 0.2) is 41.0 Å². The predicted molar refractivity (Wildman–Crippen MR) is 85.9 cm³/mol. The highest BCUT2D eigenvalue weighted by molar-refractivity contribution is 5.95. The van der Waals surface area contributed by atoms with Gasteiger partial charge in [0, 0.05) is 6.54 Å². The minimum atomic E-state index is -0.731. The van der Waals surface area contributed by atoms with E-state index >= 15 is 0 Å². The quantitative estimate of drug-likeness (QED) is 0.910. The van der Waals surface area contributed by atoms with E-state index < -0.39 is 6.10 Å². The molecular formula is C18H23NO3. The third kappa shape index (κ3) is 3.77. The van der Waals surface area contributed by atoms with Gasteiger partial charge in [-0.15, -0.1) is 0 Å². The van der Waals surface area contributed by atoms with Crippen LogP contribution < -0.4 is 5.32 Å². The largest absolute Gasteiger partial charge is 0.469 e. The molecule has 4 nitrogen and oxygen atoms in total. The fourth-order valence-corrected chi connectivity index (χ4v) is 2.23. The number of benzene rings is 1. The Balaban J connectivity index is 1.96. The molecular weight excluding hydrogens is 278 g/mol. The molecule has 1 unspecified atom stereocenters. The number of rotatable bonds is 4. The first-order valence-corrected chi connectivity index (χ1v) is 7.40. The number of aliphatic hydroxyl groups excluding tert-OH is 1. The zero-order valence-electron chi connectivity index (χ0n) is 13.5. The molecule has 1 amide bonds. The van der Waals surface area contributed by atoms with Gasteiger partial charge in [-0.25, -0.2) is 0 Å². The van der Waals surface area contributed by atoms with Crippen LogP contribution in [0.25, 0.3) is 0 Å². The van der Waals surface area contributed by atoms with Crippen LogP contribution in [0.5, 0.6) is 0 Å². The fraction of sp³-hybridized carbons (Fsp3) is 0.389. The Morgan fingerprint density at radius 1 is 1.23 bits per heavy atom. The van der Waals surface area contributed by atoms with Crippen molar-refractivity contribution < 1.29 is 14.3 Å². The van der Waals surface area contributed by atoms with Gasteiger partial charge in [-0.3, -0.25) is 4.79 Å². The number of nitrogens with one attached hydrogen (secondary N) is 1. The first-order valence-electron chi connectivity index (χ1n) is 7.40. The normalized spacial score (nSPS) is 13.0. The van der Waals surface area contributed by atoms with Gasteiger partial charge in [0.05, 0.1) is 17.9 Å². The van der Waals surface area contributed by atoms with Gasteiger partial charge in [0.2, 0.25) is 0 Å². The number of carbonyl (C=O) groups excluding carboxylic acids is 1. The number of hydrogen-bond acceptors (Lipinski definition) is 3. The van der Waals surface area contributed by atoms with Gasteiger partial charge in [0.1, 0.15) is 5.76 Å². The Morgan fingerprint density at radius 2 is 1.86 bits per heavy atom. The van der Waals surface area contributed by atoms with E-state index in [1.807, 2.05) is 24.3 Å². The molecule has 0 bridgehead atoms. The van der Waals surface area contributed by atoms with Crippen LogP contribution in [0.3, 0.4) is 0 Å². The lowest BCUT2D eigenvalue weighted by atomic mass is 9.86. The summed E-state index contributed by atoms with van der Waals surface area (Å²) in [5.41, 5.74) is 2.57. The highest BCUT2D eigenvalue weighted by atomic mass is 16.3. The lowest BCUT2D eigenvalue weighted by Gasteiger charge is -2.20. The SMILES string of the molecule is Cc1occc1C(=O)NCC(O)c1ccc(C(C)(C)C)cc1. The number of furan rings is 1. The zero-order valence-corrected chi connectivity index (χ0v) is 13.5. The van der Waals surface area contributed by atoms with Crippen molar-refractivity contribution in [3.05, 3.63) is 59.0 Å². The van der Waals surface area contributed by atoms with Gasteiger partial charge in [-0.05, 0) is 29.5 Å². The van der Waals surface area contributed by atoms with E-state index in [-0.39, 0.29) is 17.9 Å². The van der Waals surface area contributed by atoms with Gasteiger partial charge in [-0.2, -0.15) is 0 Å². The molecule has 0 saturated carbocycles. The van der Waals surface area contributed by atoms with Crippen molar-refractivity contribution in [3.8, 4) is 0 Å². The van der Waals surface area contributed by atoms with Crippen molar-refractivity contribution >= 4 is 5.91 Å². The summed E-state index contributed by atoms with van der Waals surface area (Å²) in [4.78, 5) is 12.0. The molecule has 1 aromatic heterocycles. The Bertz CT molecular complexity index is 635. The van der Waals surface area contributed by atoms with Crippen LogP contribution in [-0.2, 0) is 5.41 Å². The van der Waals surface area contributed by atoms with Gasteiger partial charge in [-0.1, -0.05) is 45.0 Å². The molecule has 1 heterocycles. The van der Waals surface area contributed by atoms with E-state index in [9.17, 15) is 9.90 Å². The van der Waals surface area contributed by atoms with Crippen LogP contribution in [0.4, 0.5) is 0 Å². The Labute approximate surface area is 131 Å². The number of aliphatic hydroxyl groups is 1. The molecule has 2 rings (SSSR count). The molecule has 22 heavy (non-hydrogen) atoms. The first-order chi connectivity index (χ1) is 10.3. The lowest BCUT2D eigenvalue weighted by Crippen LogP contribution is -2.28. The van der Waals surface area contributed by atoms with Crippen molar-refractivity contribution in [2.75, 3.05) is 6.54 Å². The second-order valence-corrected chi connectivity index (χ2v) is 6.49. The number of hydrogen-bond donors (Lipinski definition) is 2. The Kier molecular flexibility index (Phi) is 4.71. The summed E-state index contributed by atoms with van der Waals surface area (Å²) in [6.07, 6.45) is 0.747. The maximum absolute atomic E-state index is 12.0. The van der Waals surface area contributed by atoms with Crippen LogP contribution in [0.1, 0.15) is 54.1 Å². The molecule has 0 fully saturated rings. The molecule has 0 radical (unpaired) electrons. The fourth-order valence-electron chi connectivity index (χ4n) is 2.23. The molecule has 0 aliphatic heterocycles. The molecule has 0 aliphatic carbocycles. The molecule has 2 N–H and O–H groups in total. The highest BCUT2D eigenvalue weighted by Gasteiger charge is 2.16. The van der Waals surface area contributed by atoms with Crippen molar-refractivity contribution in [1.82, 2.24) is 5.32 Å². The second kappa shape index (κ2) is 6.36. The van der Waals surface area contributed by atoms with Crippen LogP contribution in [0.2, 0.25) is 0 Å². The molecule has 118 valence electrons. The van der Waals surface area contributed by atoms with E-state index in [1.54, 1.807) is 13.0 Å². The monoisotopic (exact) mass is 301 g/mol. The van der Waals surface area contributed by atoms with Gasteiger partial charge >= 0.3 is 0 Å². The first kappa shape index (κ1) is 16.3. The standard InChI is InChI=1S/C18H23NO3/c1-12-15(9-10-22-12)17(21)19-11-16(20)13-5-7-14(8-6-13)18(2,3)4/h5-10,16,20H,11H2,1-4H3,(H,19,21). The van der Waals surface area contributed by atoms with E-state index in [0.29, 0.717) is 11.3 Å². The average Bonchev–Trinajstić information content (AvgIpc) is 2.90. The summed E-state index contributed by atoms with van der Waals surface area (Å²) >= 11 is 0. The third-order valence-electron chi connectivity index (χ3n) is 3.72. The van der Waals surface area contributed by atoms with Gasteiger partial charge in [0.25, 0.3) is 5.91 Å². The Hall–Kier alpha value is -2.07. The molecule has 0 aliphatic rings. The summed E-state index contributed by atoms with van der Waals surface area (Å²) in [5, 5.41) is 12.9.